The molecule has 1 atom stereocenters. The quantitative estimate of drug-likeness (QED) is 0.711. The molecule has 6 heteroatoms. The summed E-state index contributed by atoms with van der Waals surface area (Å²) in [6.45, 7) is 1.76. The fourth-order valence-electron chi connectivity index (χ4n) is 1.38. The van der Waals surface area contributed by atoms with Gasteiger partial charge in [0.15, 0.2) is 0 Å². The highest BCUT2D eigenvalue weighted by Crippen LogP contribution is 2.15. The van der Waals surface area contributed by atoms with Crippen molar-refractivity contribution in [1.29, 1.82) is 0 Å². The molecule has 0 aliphatic rings. The molecule has 104 valence electrons. The molecule has 0 heterocycles. The van der Waals surface area contributed by atoms with Crippen molar-refractivity contribution >= 4 is 23.2 Å². The van der Waals surface area contributed by atoms with E-state index in [1.54, 1.807) is 38.2 Å². The van der Waals surface area contributed by atoms with E-state index >= 15 is 0 Å². The van der Waals surface area contributed by atoms with E-state index in [2.05, 4.69) is 16.0 Å². The van der Waals surface area contributed by atoms with Crippen LogP contribution in [-0.4, -0.2) is 38.6 Å². The number of hydrogen-bond donors (Lipinski definition) is 3. The maximum Gasteiger partial charge on any atom is 0.250 e. The largest absolute Gasteiger partial charge is 0.375 e. The molecule has 0 aliphatic carbocycles. The van der Waals surface area contributed by atoms with Crippen molar-refractivity contribution in [2.75, 3.05) is 31.4 Å². The molecule has 6 nitrogen and oxygen atoms in total. The average Bonchev–Trinajstić information content (AvgIpc) is 2.38. The van der Waals surface area contributed by atoms with E-state index in [9.17, 15) is 9.59 Å². The molecule has 2 amide bonds. The first-order valence-corrected chi connectivity index (χ1v) is 5.93. The third-order valence-electron chi connectivity index (χ3n) is 2.52. The second-order valence-corrected chi connectivity index (χ2v) is 4.06. The molecule has 0 aliphatic heterocycles. The van der Waals surface area contributed by atoms with Crippen LogP contribution in [-0.2, 0) is 14.3 Å². The Labute approximate surface area is 112 Å². The molecule has 1 aromatic carbocycles. The lowest BCUT2D eigenvalue weighted by atomic mass is 10.2. The van der Waals surface area contributed by atoms with Crippen LogP contribution in [0.4, 0.5) is 11.4 Å². The van der Waals surface area contributed by atoms with Crippen LogP contribution < -0.4 is 16.0 Å². The molecule has 1 aromatic rings. The van der Waals surface area contributed by atoms with Gasteiger partial charge in [-0.15, -0.1) is 0 Å². The maximum absolute atomic E-state index is 11.7. The van der Waals surface area contributed by atoms with Crippen molar-refractivity contribution < 1.29 is 14.3 Å². The minimum Gasteiger partial charge on any atom is -0.375 e. The van der Waals surface area contributed by atoms with Gasteiger partial charge in [-0.3, -0.25) is 9.59 Å². The zero-order valence-electron chi connectivity index (χ0n) is 11.3. The Balaban J connectivity index is 2.66. The van der Waals surface area contributed by atoms with Crippen molar-refractivity contribution in [3.8, 4) is 0 Å². The van der Waals surface area contributed by atoms with Gasteiger partial charge in [0.1, 0.15) is 6.61 Å². The number of anilines is 2. The Hall–Kier alpha value is -1.92. The molecule has 1 rings (SSSR count). The first-order valence-electron chi connectivity index (χ1n) is 5.93. The summed E-state index contributed by atoms with van der Waals surface area (Å²) in [6.07, 6.45) is 0. The Kier molecular flexibility index (Phi) is 5.98. The van der Waals surface area contributed by atoms with Gasteiger partial charge in [-0.25, -0.2) is 0 Å². The summed E-state index contributed by atoms with van der Waals surface area (Å²) in [5.41, 5.74) is 1.24. The van der Waals surface area contributed by atoms with Crippen molar-refractivity contribution in [1.82, 2.24) is 5.32 Å². The van der Waals surface area contributed by atoms with Crippen LogP contribution in [0.25, 0.3) is 0 Å². The number of carbonyl (C=O) groups excluding carboxylic acids is 2. The van der Waals surface area contributed by atoms with Crippen LogP contribution in [0.3, 0.4) is 0 Å². The lowest BCUT2D eigenvalue weighted by Gasteiger charge is -2.12. The van der Waals surface area contributed by atoms with Gasteiger partial charge in [0, 0.05) is 18.5 Å². The number of rotatable bonds is 6. The minimum atomic E-state index is -0.285. The number of nitrogens with one attached hydrogen (secondary N) is 3. The molecule has 0 saturated heterocycles. The third kappa shape index (κ3) is 5.07. The van der Waals surface area contributed by atoms with E-state index in [0.717, 1.165) is 0 Å². The number of likely N-dealkylation sites (N-methyl/N-ethyl adjacent to an activating group) is 1. The average molecular weight is 265 g/mol. The fraction of sp³-hybridized carbons (Fsp3) is 0.385. The summed E-state index contributed by atoms with van der Waals surface area (Å²) in [7, 11) is 3.17. The number of ether oxygens (including phenoxy) is 1. The summed E-state index contributed by atoms with van der Waals surface area (Å²) in [5, 5.41) is 8.27. The molecular formula is C13H19N3O3. The molecule has 0 saturated carbocycles. The van der Waals surface area contributed by atoms with E-state index < -0.39 is 0 Å². The van der Waals surface area contributed by atoms with Crippen LogP contribution in [0.15, 0.2) is 24.3 Å². The standard InChI is InChI=1S/C13H19N3O3/c1-9(14-2)13(18)16-11-6-4-5-10(7-11)15-12(17)8-19-3/h4-7,9,14H,8H2,1-3H3,(H,15,17)(H,16,18). The highest BCUT2D eigenvalue weighted by molar-refractivity contribution is 5.96. The number of benzene rings is 1. The van der Waals surface area contributed by atoms with Crippen LogP contribution in [0.2, 0.25) is 0 Å². The lowest BCUT2D eigenvalue weighted by Crippen LogP contribution is -2.35. The Morgan fingerprint density at radius 1 is 1.26 bits per heavy atom. The van der Waals surface area contributed by atoms with Gasteiger partial charge >= 0.3 is 0 Å². The predicted molar refractivity (Wildman–Crippen MR) is 74.1 cm³/mol. The van der Waals surface area contributed by atoms with Crippen LogP contribution >= 0.6 is 0 Å². The van der Waals surface area contributed by atoms with Crippen LogP contribution in [0.1, 0.15) is 6.92 Å². The van der Waals surface area contributed by atoms with Gasteiger partial charge < -0.3 is 20.7 Å². The van der Waals surface area contributed by atoms with E-state index in [-0.39, 0.29) is 24.5 Å². The summed E-state index contributed by atoms with van der Waals surface area (Å²) in [5.74, 6) is -0.377. The number of amides is 2. The smallest absolute Gasteiger partial charge is 0.250 e. The zero-order valence-corrected chi connectivity index (χ0v) is 11.3. The topological polar surface area (TPSA) is 79.5 Å². The van der Waals surface area contributed by atoms with Gasteiger partial charge in [0.2, 0.25) is 11.8 Å². The summed E-state index contributed by atoms with van der Waals surface area (Å²) in [4.78, 5) is 23.1. The highest BCUT2D eigenvalue weighted by Gasteiger charge is 2.10. The molecular weight excluding hydrogens is 246 g/mol. The van der Waals surface area contributed by atoms with Crippen molar-refractivity contribution in [3.05, 3.63) is 24.3 Å². The Morgan fingerprint density at radius 2 is 1.89 bits per heavy atom. The first kappa shape index (κ1) is 15.1. The number of hydrogen-bond acceptors (Lipinski definition) is 4. The van der Waals surface area contributed by atoms with Crippen molar-refractivity contribution in [3.63, 3.8) is 0 Å². The molecule has 0 aromatic heterocycles. The normalized spacial score (nSPS) is 11.7. The predicted octanol–water partition coefficient (Wildman–Crippen LogP) is 0.818. The highest BCUT2D eigenvalue weighted by atomic mass is 16.5. The Morgan fingerprint density at radius 3 is 2.47 bits per heavy atom. The van der Waals surface area contributed by atoms with Gasteiger partial charge in [0.25, 0.3) is 0 Å². The maximum atomic E-state index is 11.7. The second kappa shape index (κ2) is 7.50. The molecule has 0 bridgehead atoms. The van der Waals surface area contributed by atoms with Crippen molar-refractivity contribution in [2.24, 2.45) is 0 Å². The van der Waals surface area contributed by atoms with Crippen LogP contribution in [0, 0.1) is 0 Å². The van der Waals surface area contributed by atoms with Gasteiger partial charge in [-0.2, -0.15) is 0 Å². The van der Waals surface area contributed by atoms with E-state index in [4.69, 9.17) is 4.74 Å². The summed E-state index contributed by atoms with van der Waals surface area (Å²) >= 11 is 0. The lowest BCUT2D eigenvalue weighted by molar-refractivity contribution is -0.119. The molecule has 3 N–H and O–H groups in total. The van der Waals surface area contributed by atoms with Gasteiger partial charge in [-0.05, 0) is 32.2 Å². The molecule has 0 radical (unpaired) electrons. The summed E-state index contributed by atoms with van der Waals surface area (Å²) < 4.78 is 4.73. The van der Waals surface area contributed by atoms with Crippen LogP contribution in [0.5, 0.6) is 0 Å². The second-order valence-electron chi connectivity index (χ2n) is 4.06. The number of carbonyl (C=O) groups is 2. The van der Waals surface area contributed by atoms with E-state index in [1.807, 2.05) is 0 Å². The minimum absolute atomic E-state index is 0.00657. The third-order valence-corrected chi connectivity index (χ3v) is 2.52. The summed E-state index contributed by atoms with van der Waals surface area (Å²) in [6, 6.07) is 6.65. The first-order chi connectivity index (χ1) is 9.06. The van der Waals surface area contributed by atoms with Gasteiger partial charge in [-0.1, -0.05) is 6.07 Å². The van der Waals surface area contributed by atoms with Crippen molar-refractivity contribution in [2.45, 2.75) is 13.0 Å². The zero-order chi connectivity index (χ0) is 14.3. The van der Waals surface area contributed by atoms with E-state index in [0.29, 0.717) is 11.4 Å². The number of methoxy groups -OCH3 is 1. The fourth-order valence-corrected chi connectivity index (χ4v) is 1.38. The molecule has 0 fully saturated rings. The SMILES string of the molecule is CNC(C)C(=O)Nc1cccc(NC(=O)COC)c1. The monoisotopic (exact) mass is 265 g/mol. The van der Waals surface area contributed by atoms with E-state index in [1.165, 1.54) is 7.11 Å². The molecule has 1 unspecified atom stereocenters. The molecule has 0 spiro atoms. The molecule has 19 heavy (non-hydrogen) atoms. The van der Waals surface area contributed by atoms with Gasteiger partial charge in [0.05, 0.1) is 6.04 Å². The Bertz CT molecular complexity index is 449.